The minimum Gasteiger partial charge on any atom is -0.497 e. The van der Waals surface area contributed by atoms with Crippen molar-refractivity contribution in [3.05, 3.63) is 69.8 Å². The quantitative estimate of drug-likeness (QED) is 0.597. The lowest BCUT2D eigenvalue weighted by atomic mass is 10.1. The predicted molar refractivity (Wildman–Crippen MR) is 96.6 cm³/mol. The highest BCUT2D eigenvalue weighted by atomic mass is 16.6. The van der Waals surface area contributed by atoms with Gasteiger partial charge in [-0.2, -0.15) is 0 Å². The molecular weight excluding hydrogens is 318 g/mol. The number of nitro benzene ring substituents is 1. The molecular formula is C19H23N3O3. The zero-order valence-electron chi connectivity index (χ0n) is 14.4. The molecule has 0 radical (unpaired) electrons. The molecule has 0 unspecified atom stereocenters. The Morgan fingerprint density at radius 1 is 0.960 bits per heavy atom. The molecule has 0 bridgehead atoms. The van der Waals surface area contributed by atoms with Crippen LogP contribution in [-0.2, 0) is 13.1 Å². The molecule has 2 aromatic carbocycles. The zero-order chi connectivity index (χ0) is 17.6. The van der Waals surface area contributed by atoms with E-state index < -0.39 is 0 Å². The lowest BCUT2D eigenvalue weighted by Gasteiger charge is -2.34. The van der Waals surface area contributed by atoms with Crippen LogP contribution in [0.25, 0.3) is 0 Å². The van der Waals surface area contributed by atoms with E-state index >= 15 is 0 Å². The lowest BCUT2D eigenvalue weighted by molar-refractivity contribution is -0.384. The van der Waals surface area contributed by atoms with Crippen molar-refractivity contribution in [1.82, 2.24) is 9.80 Å². The van der Waals surface area contributed by atoms with E-state index in [9.17, 15) is 10.1 Å². The zero-order valence-corrected chi connectivity index (χ0v) is 14.4. The van der Waals surface area contributed by atoms with Crippen molar-refractivity contribution in [3.8, 4) is 5.75 Å². The second kappa shape index (κ2) is 8.09. The Kier molecular flexibility index (Phi) is 5.63. The van der Waals surface area contributed by atoms with Crippen LogP contribution in [-0.4, -0.2) is 48.0 Å². The minimum absolute atomic E-state index is 0.145. The van der Waals surface area contributed by atoms with Crippen molar-refractivity contribution in [2.75, 3.05) is 33.3 Å². The monoisotopic (exact) mass is 341 g/mol. The molecule has 3 rings (SSSR count). The second-order valence-corrected chi connectivity index (χ2v) is 6.33. The van der Waals surface area contributed by atoms with Crippen LogP contribution in [0.5, 0.6) is 5.75 Å². The van der Waals surface area contributed by atoms with Crippen LogP contribution >= 0.6 is 0 Å². The molecule has 1 aliphatic rings. The van der Waals surface area contributed by atoms with Crippen molar-refractivity contribution >= 4 is 5.69 Å². The number of hydrogen-bond donors (Lipinski definition) is 0. The molecule has 0 atom stereocenters. The third-order valence-electron chi connectivity index (χ3n) is 4.56. The van der Waals surface area contributed by atoms with Gasteiger partial charge < -0.3 is 4.74 Å². The molecule has 2 aromatic rings. The third kappa shape index (κ3) is 4.78. The van der Waals surface area contributed by atoms with Gasteiger partial charge in [0.2, 0.25) is 0 Å². The average molecular weight is 341 g/mol. The SMILES string of the molecule is COc1cccc(CN2CCN(Cc3ccc([N+](=O)[O-])cc3)CC2)c1. The van der Waals surface area contributed by atoms with E-state index in [0.29, 0.717) is 0 Å². The summed E-state index contributed by atoms with van der Waals surface area (Å²) in [7, 11) is 1.69. The lowest BCUT2D eigenvalue weighted by Crippen LogP contribution is -2.45. The first-order chi connectivity index (χ1) is 12.1. The fourth-order valence-corrected chi connectivity index (χ4v) is 3.12. The summed E-state index contributed by atoms with van der Waals surface area (Å²) in [5.41, 5.74) is 2.53. The van der Waals surface area contributed by atoms with Crippen LogP contribution < -0.4 is 4.74 Å². The van der Waals surface area contributed by atoms with Crippen LogP contribution in [0, 0.1) is 10.1 Å². The van der Waals surface area contributed by atoms with Crippen LogP contribution in [0.2, 0.25) is 0 Å². The highest BCUT2D eigenvalue weighted by molar-refractivity contribution is 5.33. The first-order valence-electron chi connectivity index (χ1n) is 8.45. The highest BCUT2D eigenvalue weighted by Crippen LogP contribution is 2.17. The van der Waals surface area contributed by atoms with Crippen molar-refractivity contribution in [2.24, 2.45) is 0 Å². The van der Waals surface area contributed by atoms with E-state index in [1.165, 1.54) is 5.56 Å². The maximum atomic E-state index is 10.7. The molecule has 1 heterocycles. The molecule has 0 spiro atoms. The van der Waals surface area contributed by atoms with Crippen LogP contribution in [0.15, 0.2) is 48.5 Å². The fraction of sp³-hybridized carbons (Fsp3) is 0.368. The summed E-state index contributed by atoms with van der Waals surface area (Å²) in [6.45, 7) is 5.81. The molecule has 0 saturated carbocycles. The van der Waals surface area contributed by atoms with Gasteiger partial charge in [0.15, 0.2) is 0 Å². The summed E-state index contributed by atoms with van der Waals surface area (Å²) < 4.78 is 5.28. The van der Waals surface area contributed by atoms with Crippen LogP contribution in [0.3, 0.4) is 0 Å². The Morgan fingerprint density at radius 2 is 1.56 bits per heavy atom. The normalized spacial score (nSPS) is 15.9. The minimum atomic E-state index is -0.360. The molecule has 1 saturated heterocycles. The molecule has 0 aliphatic carbocycles. The summed E-state index contributed by atoms with van der Waals surface area (Å²) in [6, 6.07) is 15.1. The van der Waals surface area contributed by atoms with E-state index in [0.717, 1.165) is 50.6 Å². The van der Waals surface area contributed by atoms with E-state index in [1.807, 2.05) is 24.3 Å². The van der Waals surface area contributed by atoms with Gasteiger partial charge in [-0.05, 0) is 23.3 Å². The largest absolute Gasteiger partial charge is 0.497 e. The smallest absolute Gasteiger partial charge is 0.269 e. The number of benzene rings is 2. The van der Waals surface area contributed by atoms with Crippen molar-refractivity contribution in [1.29, 1.82) is 0 Å². The predicted octanol–water partition coefficient (Wildman–Crippen LogP) is 2.92. The third-order valence-corrected chi connectivity index (χ3v) is 4.56. The Morgan fingerprint density at radius 3 is 2.12 bits per heavy atom. The standard InChI is InChI=1S/C19H23N3O3/c1-25-19-4-2-3-17(13-19)15-21-11-9-20(10-12-21)14-16-5-7-18(8-6-16)22(23)24/h2-8,13H,9-12,14-15H2,1H3. The van der Waals surface area contributed by atoms with Gasteiger partial charge in [0.05, 0.1) is 12.0 Å². The second-order valence-electron chi connectivity index (χ2n) is 6.33. The Balaban J connectivity index is 1.49. The molecule has 25 heavy (non-hydrogen) atoms. The van der Waals surface area contributed by atoms with Gasteiger partial charge in [0, 0.05) is 51.4 Å². The van der Waals surface area contributed by atoms with Crippen molar-refractivity contribution in [3.63, 3.8) is 0 Å². The van der Waals surface area contributed by atoms with Gasteiger partial charge >= 0.3 is 0 Å². The van der Waals surface area contributed by atoms with Gasteiger partial charge in [-0.15, -0.1) is 0 Å². The van der Waals surface area contributed by atoms with E-state index in [1.54, 1.807) is 19.2 Å². The van der Waals surface area contributed by atoms with E-state index in [2.05, 4.69) is 21.9 Å². The Bertz CT molecular complexity index is 710. The topological polar surface area (TPSA) is 58.8 Å². The number of nitrogens with zero attached hydrogens (tertiary/aromatic N) is 3. The first-order valence-corrected chi connectivity index (χ1v) is 8.45. The molecule has 6 nitrogen and oxygen atoms in total. The van der Waals surface area contributed by atoms with E-state index in [-0.39, 0.29) is 10.6 Å². The van der Waals surface area contributed by atoms with Gasteiger partial charge in [-0.1, -0.05) is 24.3 Å². The van der Waals surface area contributed by atoms with Crippen LogP contribution in [0.4, 0.5) is 5.69 Å². The van der Waals surface area contributed by atoms with Gasteiger partial charge in [-0.3, -0.25) is 19.9 Å². The van der Waals surface area contributed by atoms with Gasteiger partial charge in [0.1, 0.15) is 5.75 Å². The highest BCUT2D eigenvalue weighted by Gasteiger charge is 2.17. The Hall–Kier alpha value is -2.44. The molecule has 0 N–H and O–H groups in total. The summed E-state index contributed by atoms with van der Waals surface area (Å²) in [5, 5.41) is 10.7. The number of hydrogen-bond acceptors (Lipinski definition) is 5. The molecule has 0 amide bonds. The molecule has 6 heteroatoms. The van der Waals surface area contributed by atoms with E-state index in [4.69, 9.17) is 4.74 Å². The number of methoxy groups -OCH3 is 1. The maximum absolute atomic E-state index is 10.7. The first kappa shape index (κ1) is 17.4. The summed E-state index contributed by atoms with van der Waals surface area (Å²) >= 11 is 0. The molecule has 1 fully saturated rings. The van der Waals surface area contributed by atoms with Gasteiger partial charge in [0.25, 0.3) is 5.69 Å². The number of nitro groups is 1. The average Bonchev–Trinajstić information content (AvgIpc) is 2.64. The maximum Gasteiger partial charge on any atom is 0.269 e. The number of piperazine rings is 1. The number of ether oxygens (including phenoxy) is 1. The summed E-state index contributed by atoms with van der Waals surface area (Å²) in [5.74, 6) is 0.898. The molecule has 1 aliphatic heterocycles. The van der Waals surface area contributed by atoms with Gasteiger partial charge in [-0.25, -0.2) is 0 Å². The number of rotatable bonds is 6. The Labute approximate surface area is 147 Å². The summed E-state index contributed by atoms with van der Waals surface area (Å²) in [6.07, 6.45) is 0. The molecule has 132 valence electrons. The summed E-state index contributed by atoms with van der Waals surface area (Å²) in [4.78, 5) is 15.2. The number of non-ortho nitro benzene ring substituents is 1. The molecule has 0 aromatic heterocycles. The van der Waals surface area contributed by atoms with Crippen molar-refractivity contribution in [2.45, 2.75) is 13.1 Å². The van der Waals surface area contributed by atoms with Crippen molar-refractivity contribution < 1.29 is 9.66 Å². The fourth-order valence-electron chi connectivity index (χ4n) is 3.12. The van der Waals surface area contributed by atoms with Crippen LogP contribution in [0.1, 0.15) is 11.1 Å².